The molecular weight excluding hydrogens is 595 g/mol. The molecule has 3 nitrogen and oxygen atoms in total. The second-order valence-electron chi connectivity index (χ2n) is 16.3. The van der Waals surface area contributed by atoms with Crippen molar-refractivity contribution in [3.63, 3.8) is 0 Å². The summed E-state index contributed by atoms with van der Waals surface area (Å²) in [6, 6.07) is 40.9. The van der Waals surface area contributed by atoms with E-state index in [1.165, 1.54) is 83.0 Å². The van der Waals surface area contributed by atoms with Gasteiger partial charge in [0.25, 0.3) is 0 Å². The predicted octanol–water partition coefficient (Wildman–Crippen LogP) is 11.0. The lowest BCUT2D eigenvalue weighted by molar-refractivity contribution is 0.569. The average molecular weight is 635 g/mol. The summed E-state index contributed by atoms with van der Waals surface area (Å²) >= 11 is 0. The van der Waals surface area contributed by atoms with Gasteiger partial charge in [0.1, 0.15) is 11.2 Å². The number of rotatable bonds is 1. The number of aryl methyl sites for hydroxylation is 1. The van der Waals surface area contributed by atoms with E-state index >= 15 is 0 Å². The summed E-state index contributed by atoms with van der Waals surface area (Å²) in [7, 11) is 0. The zero-order valence-corrected chi connectivity index (χ0v) is 29.3. The van der Waals surface area contributed by atoms with Crippen molar-refractivity contribution in [1.29, 1.82) is 0 Å². The summed E-state index contributed by atoms with van der Waals surface area (Å²) in [4.78, 5) is 2.60. The molecule has 2 aliphatic rings. The SMILES string of the molecule is Cc1cccc2c1N(c1cc(C(C)(C)C)cc(C(C)(C)C)c1)c1c3c(cc4oc5ccccc5c14)-c1cccc4c5ccccc5n(c14)B23. The third-order valence-electron chi connectivity index (χ3n) is 11.2. The van der Waals surface area contributed by atoms with Crippen LogP contribution in [0.4, 0.5) is 17.1 Å². The summed E-state index contributed by atoms with van der Waals surface area (Å²) in [5.41, 5.74) is 17.2. The molecule has 10 rings (SSSR count). The molecule has 0 fully saturated rings. The van der Waals surface area contributed by atoms with Crippen molar-refractivity contribution in [1.82, 2.24) is 4.48 Å². The molecule has 0 atom stereocenters. The Labute approximate surface area is 287 Å². The Morgan fingerprint density at radius 1 is 0.592 bits per heavy atom. The summed E-state index contributed by atoms with van der Waals surface area (Å²) in [5.74, 6) is 0. The molecule has 0 saturated heterocycles. The van der Waals surface area contributed by atoms with Crippen LogP contribution in [0, 0.1) is 6.92 Å². The summed E-state index contributed by atoms with van der Waals surface area (Å²) in [5, 5.41) is 4.93. The van der Waals surface area contributed by atoms with E-state index in [2.05, 4.69) is 167 Å². The number of hydrogen-bond donors (Lipinski definition) is 0. The molecule has 0 aliphatic carbocycles. The molecule has 0 saturated carbocycles. The minimum atomic E-state index is -0.0225. The van der Waals surface area contributed by atoms with Gasteiger partial charge in [-0.2, -0.15) is 0 Å². The number of hydrogen-bond acceptors (Lipinski definition) is 2. The lowest BCUT2D eigenvalue weighted by Crippen LogP contribution is -2.57. The van der Waals surface area contributed by atoms with E-state index in [0.29, 0.717) is 0 Å². The van der Waals surface area contributed by atoms with Crippen LogP contribution in [0.2, 0.25) is 0 Å². The highest BCUT2D eigenvalue weighted by atomic mass is 16.3. The Morgan fingerprint density at radius 2 is 1.27 bits per heavy atom. The van der Waals surface area contributed by atoms with E-state index in [0.717, 1.165) is 16.6 Å². The molecule has 49 heavy (non-hydrogen) atoms. The molecule has 6 aromatic carbocycles. The highest BCUT2D eigenvalue weighted by Gasteiger charge is 2.45. The molecule has 0 unspecified atom stereocenters. The van der Waals surface area contributed by atoms with Gasteiger partial charge in [0.2, 0.25) is 0 Å². The van der Waals surface area contributed by atoms with E-state index in [-0.39, 0.29) is 17.7 Å². The van der Waals surface area contributed by atoms with Crippen molar-refractivity contribution in [2.45, 2.75) is 59.3 Å². The zero-order valence-electron chi connectivity index (χ0n) is 29.3. The number of fused-ring (bicyclic) bond motifs is 11. The van der Waals surface area contributed by atoms with Crippen LogP contribution in [0.25, 0.3) is 54.9 Å². The van der Waals surface area contributed by atoms with Crippen LogP contribution in [0.15, 0.2) is 114 Å². The van der Waals surface area contributed by atoms with Crippen LogP contribution >= 0.6 is 0 Å². The van der Waals surface area contributed by atoms with Gasteiger partial charge < -0.3 is 13.8 Å². The van der Waals surface area contributed by atoms with Gasteiger partial charge in [-0.25, -0.2) is 0 Å². The van der Waals surface area contributed by atoms with Gasteiger partial charge in [-0.3, -0.25) is 0 Å². The maximum Gasteiger partial charge on any atom is 0.333 e. The normalized spacial score (nSPS) is 13.9. The van der Waals surface area contributed by atoms with Crippen molar-refractivity contribution < 1.29 is 4.42 Å². The number of anilines is 3. The molecule has 0 spiro atoms. The Hall–Kier alpha value is -5.22. The van der Waals surface area contributed by atoms with Crippen LogP contribution in [0.5, 0.6) is 0 Å². The fourth-order valence-electron chi connectivity index (χ4n) is 8.76. The third kappa shape index (κ3) is 3.80. The first-order chi connectivity index (χ1) is 23.5. The van der Waals surface area contributed by atoms with E-state index in [1.807, 2.05) is 0 Å². The minimum Gasteiger partial charge on any atom is -0.456 e. The van der Waals surface area contributed by atoms with E-state index in [9.17, 15) is 0 Å². The predicted molar refractivity (Wildman–Crippen MR) is 209 cm³/mol. The Kier molecular flexibility index (Phi) is 5.56. The molecule has 238 valence electrons. The Balaban J connectivity index is 1.45. The molecule has 2 aliphatic heterocycles. The van der Waals surface area contributed by atoms with Crippen LogP contribution in [-0.4, -0.2) is 11.3 Å². The number of furan rings is 1. The molecule has 0 N–H and O–H groups in total. The van der Waals surface area contributed by atoms with Crippen molar-refractivity contribution in [2.24, 2.45) is 0 Å². The molecule has 0 amide bonds. The average Bonchev–Trinajstić information content (AvgIpc) is 3.62. The maximum atomic E-state index is 6.79. The Morgan fingerprint density at radius 3 is 2.02 bits per heavy atom. The van der Waals surface area contributed by atoms with Gasteiger partial charge in [-0.15, -0.1) is 0 Å². The van der Waals surface area contributed by atoms with Gasteiger partial charge in [0.15, 0.2) is 0 Å². The monoisotopic (exact) mass is 634 g/mol. The lowest BCUT2D eigenvalue weighted by atomic mass is 9.44. The van der Waals surface area contributed by atoms with Crippen molar-refractivity contribution in [3.05, 3.63) is 126 Å². The van der Waals surface area contributed by atoms with Gasteiger partial charge in [0, 0.05) is 44.1 Å². The van der Waals surface area contributed by atoms with Gasteiger partial charge >= 0.3 is 6.85 Å². The largest absolute Gasteiger partial charge is 0.456 e. The molecular formula is C45H39BN2O. The quantitative estimate of drug-likeness (QED) is 0.168. The van der Waals surface area contributed by atoms with E-state index in [4.69, 9.17) is 4.42 Å². The van der Waals surface area contributed by atoms with Crippen LogP contribution in [-0.2, 0) is 10.8 Å². The molecule has 0 bridgehead atoms. The molecule has 8 aromatic rings. The number of aromatic nitrogens is 1. The number of benzene rings is 6. The van der Waals surface area contributed by atoms with Crippen LogP contribution in [0.1, 0.15) is 58.2 Å². The van der Waals surface area contributed by atoms with Crippen molar-refractivity contribution in [2.75, 3.05) is 4.90 Å². The summed E-state index contributed by atoms with van der Waals surface area (Å²) in [6.07, 6.45) is 0. The molecule has 0 radical (unpaired) electrons. The van der Waals surface area contributed by atoms with Gasteiger partial charge in [-0.1, -0.05) is 120 Å². The highest BCUT2D eigenvalue weighted by Crippen LogP contribution is 2.51. The van der Waals surface area contributed by atoms with Crippen molar-refractivity contribution in [3.8, 4) is 11.1 Å². The zero-order chi connectivity index (χ0) is 33.6. The minimum absolute atomic E-state index is 0.000558. The Bertz CT molecular complexity index is 2680. The third-order valence-corrected chi connectivity index (χ3v) is 11.2. The smallest absolute Gasteiger partial charge is 0.333 e. The maximum absolute atomic E-state index is 6.79. The van der Waals surface area contributed by atoms with Gasteiger partial charge in [-0.05, 0) is 81.3 Å². The summed E-state index contributed by atoms with van der Waals surface area (Å²) in [6.45, 7) is 16.3. The van der Waals surface area contributed by atoms with Crippen molar-refractivity contribution >= 4 is 78.6 Å². The highest BCUT2D eigenvalue weighted by molar-refractivity contribution is 6.90. The first-order valence-electron chi connectivity index (χ1n) is 17.6. The molecule has 4 heteroatoms. The fraction of sp³-hybridized carbons (Fsp3) is 0.200. The lowest BCUT2D eigenvalue weighted by Gasteiger charge is -2.42. The first-order valence-corrected chi connectivity index (χ1v) is 17.6. The second kappa shape index (κ2) is 9.48. The van der Waals surface area contributed by atoms with E-state index < -0.39 is 0 Å². The van der Waals surface area contributed by atoms with Gasteiger partial charge in [0.05, 0.1) is 11.1 Å². The second-order valence-corrected chi connectivity index (χ2v) is 16.3. The number of para-hydroxylation sites is 4. The molecule has 2 aromatic heterocycles. The summed E-state index contributed by atoms with van der Waals surface area (Å²) < 4.78 is 9.43. The topological polar surface area (TPSA) is 21.3 Å². The van der Waals surface area contributed by atoms with Crippen LogP contribution < -0.4 is 15.8 Å². The standard InChI is InChI=1S/C45H39BN2O/c1-26-14-12-19-35-41(26)47(29-23-27(44(2,3)4)22-28(24-29)45(5,6)7)43-39-33-16-9-11-21-37(33)49-38(39)25-34-32-18-13-17-31-30-15-8-10-20-36(30)48(42(31)32)46(35)40(34)43/h8-25H,1-7H3. The first kappa shape index (κ1) is 28.8. The number of nitrogens with zero attached hydrogens (tertiary/aromatic N) is 2. The molecule has 4 heterocycles. The fourth-order valence-corrected chi connectivity index (χ4v) is 8.76. The van der Waals surface area contributed by atoms with E-state index in [1.54, 1.807) is 0 Å². The van der Waals surface area contributed by atoms with Crippen LogP contribution in [0.3, 0.4) is 0 Å².